The van der Waals surface area contributed by atoms with Gasteiger partial charge in [-0.2, -0.15) is 13.2 Å². The van der Waals surface area contributed by atoms with E-state index in [4.69, 9.17) is 17.0 Å². The van der Waals surface area contributed by atoms with Crippen molar-refractivity contribution in [2.24, 2.45) is 0 Å². The number of methoxy groups -OCH3 is 1. The molecule has 0 bridgehead atoms. The van der Waals surface area contributed by atoms with E-state index < -0.39 is 5.51 Å². The quantitative estimate of drug-likeness (QED) is 0.867. The highest BCUT2D eigenvalue weighted by Crippen LogP contribution is 2.30. The molecule has 1 aromatic heterocycles. The molecule has 0 atom stereocenters. The van der Waals surface area contributed by atoms with E-state index in [0.717, 1.165) is 11.0 Å². The average molecular weight is 308 g/mol. The highest BCUT2D eigenvalue weighted by atomic mass is 32.2. The summed E-state index contributed by atoms with van der Waals surface area (Å²) in [6.07, 6.45) is 0. The van der Waals surface area contributed by atoms with Crippen LogP contribution >= 0.6 is 24.0 Å². The summed E-state index contributed by atoms with van der Waals surface area (Å²) in [5.41, 5.74) is -2.69. The minimum Gasteiger partial charge on any atom is -0.497 e. The number of imidazole rings is 1. The van der Waals surface area contributed by atoms with Crippen molar-refractivity contribution in [3.05, 3.63) is 23.0 Å². The fourth-order valence-electron chi connectivity index (χ4n) is 1.73. The van der Waals surface area contributed by atoms with Crippen LogP contribution in [0.1, 0.15) is 0 Å². The molecule has 1 aromatic carbocycles. The van der Waals surface area contributed by atoms with Gasteiger partial charge in [0.1, 0.15) is 5.75 Å². The van der Waals surface area contributed by atoms with Crippen molar-refractivity contribution < 1.29 is 17.9 Å². The van der Waals surface area contributed by atoms with Crippen molar-refractivity contribution in [2.45, 2.75) is 12.1 Å². The van der Waals surface area contributed by atoms with Gasteiger partial charge in [-0.3, -0.25) is 0 Å². The summed E-state index contributed by atoms with van der Waals surface area (Å²) in [7, 11) is 1.53. The summed E-state index contributed by atoms with van der Waals surface area (Å²) in [5, 5.41) is 0. The Labute approximate surface area is 116 Å². The second-order valence-electron chi connectivity index (χ2n) is 3.76. The van der Waals surface area contributed by atoms with Gasteiger partial charge in [-0.15, -0.1) is 0 Å². The third-order valence-electron chi connectivity index (χ3n) is 2.56. The number of benzene rings is 1. The SMILES string of the molecule is COc1ccc2[nH]c(=S)n(CCSC(F)(F)F)c2c1. The minimum atomic E-state index is -4.22. The standard InChI is InChI=1S/C11H11F3N2OS2/c1-17-7-2-3-8-9(6-7)16(10(18)15-8)4-5-19-11(12,13)14/h2-3,6H,4-5H2,1H3,(H,15,18). The molecule has 2 rings (SSSR count). The van der Waals surface area contributed by atoms with Gasteiger partial charge >= 0.3 is 5.51 Å². The zero-order valence-electron chi connectivity index (χ0n) is 9.95. The molecule has 104 valence electrons. The van der Waals surface area contributed by atoms with Crippen LogP contribution in [-0.2, 0) is 6.54 Å². The molecule has 0 saturated carbocycles. The summed E-state index contributed by atoms with van der Waals surface area (Å²) in [4.78, 5) is 2.96. The van der Waals surface area contributed by atoms with Crippen molar-refractivity contribution in [3.8, 4) is 5.75 Å². The maximum Gasteiger partial charge on any atom is 0.441 e. The first kappa shape index (κ1) is 14.3. The highest BCUT2D eigenvalue weighted by molar-refractivity contribution is 8.00. The van der Waals surface area contributed by atoms with E-state index in [1.165, 1.54) is 7.11 Å². The molecular weight excluding hydrogens is 297 g/mol. The van der Waals surface area contributed by atoms with Crippen LogP contribution in [0, 0.1) is 4.77 Å². The van der Waals surface area contributed by atoms with Crippen LogP contribution in [0.15, 0.2) is 18.2 Å². The Hall–Kier alpha value is -1.15. The predicted molar refractivity (Wildman–Crippen MR) is 72.2 cm³/mol. The number of aromatic nitrogens is 2. The first-order valence-electron chi connectivity index (χ1n) is 5.38. The predicted octanol–water partition coefficient (Wildman–Crippen LogP) is 3.96. The van der Waals surface area contributed by atoms with Gasteiger partial charge in [-0.25, -0.2) is 0 Å². The van der Waals surface area contributed by atoms with Gasteiger partial charge in [0.25, 0.3) is 0 Å². The minimum absolute atomic E-state index is 0.0532. The second-order valence-corrected chi connectivity index (χ2v) is 5.31. The largest absolute Gasteiger partial charge is 0.497 e. The third-order valence-corrected chi connectivity index (χ3v) is 3.60. The average Bonchev–Trinajstić information content (AvgIpc) is 2.63. The number of nitrogens with zero attached hydrogens (tertiary/aromatic N) is 1. The highest BCUT2D eigenvalue weighted by Gasteiger charge is 2.27. The molecule has 0 spiro atoms. The number of aromatic amines is 1. The van der Waals surface area contributed by atoms with Crippen LogP contribution in [0.5, 0.6) is 5.75 Å². The Bertz CT molecular complexity index is 633. The van der Waals surface area contributed by atoms with Crippen LogP contribution in [0.25, 0.3) is 11.0 Å². The van der Waals surface area contributed by atoms with E-state index in [1.807, 2.05) is 0 Å². The van der Waals surface area contributed by atoms with Gasteiger partial charge in [0, 0.05) is 18.4 Å². The number of aryl methyl sites for hydroxylation is 1. The molecule has 0 amide bonds. The normalized spacial score (nSPS) is 12.0. The number of hydrogen-bond acceptors (Lipinski definition) is 3. The van der Waals surface area contributed by atoms with Crippen molar-refractivity contribution in [3.63, 3.8) is 0 Å². The van der Waals surface area contributed by atoms with Crippen LogP contribution in [0.3, 0.4) is 0 Å². The molecule has 0 saturated heterocycles. The lowest BCUT2D eigenvalue weighted by molar-refractivity contribution is -0.0328. The van der Waals surface area contributed by atoms with Crippen molar-refractivity contribution >= 4 is 35.0 Å². The fourth-order valence-corrected chi connectivity index (χ4v) is 2.54. The maximum absolute atomic E-state index is 12.1. The number of halogens is 3. The van der Waals surface area contributed by atoms with E-state index in [0.29, 0.717) is 10.5 Å². The molecule has 3 nitrogen and oxygen atoms in total. The number of H-pyrrole nitrogens is 1. The maximum atomic E-state index is 12.1. The number of ether oxygens (including phenoxy) is 1. The second kappa shape index (κ2) is 5.46. The summed E-state index contributed by atoms with van der Waals surface area (Å²) in [6.45, 7) is 0.191. The van der Waals surface area contributed by atoms with E-state index in [9.17, 15) is 13.2 Å². The Kier molecular flexibility index (Phi) is 4.10. The summed E-state index contributed by atoms with van der Waals surface area (Å²) in [5.74, 6) is 0.556. The summed E-state index contributed by atoms with van der Waals surface area (Å²) < 4.78 is 43.5. The van der Waals surface area contributed by atoms with E-state index in [-0.39, 0.29) is 24.1 Å². The number of hydrogen-bond donors (Lipinski definition) is 1. The van der Waals surface area contributed by atoms with Crippen LogP contribution < -0.4 is 4.74 Å². The van der Waals surface area contributed by atoms with Crippen LogP contribution in [0.2, 0.25) is 0 Å². The topological polar surface area (TPSA) is 29.9 Å². The molecule has 0 aliphatic rings. The summed E-state index contributed by atoms with van der Waals surface area (Å²) in [6, 6.07) is 5.31. The monoisotopic (exact) mass is 308 g/mol. The lowest BCUT2D eigenvalue weighted by atomic mass is 10.3. The van der Waals surface area contributed by atoms with Gasteiger partial charge in [-0.05, 0) is 36.1 Å². The lowest BCUT2D eigenvalue weighted by Gasteiger charge is -2.07. The van der Waals surface area contributed by atoms with Gasteiger partial charge in [0.15, 0.2) is 4.77 Å². The summed E-state index contributed by atoms with van der Waals surface area (Å²) >= 11 is 5.06. The van der Waals surface area contributed by atoms with E-state index >= 15 is 0 Å². The van der Waals surface area contributed by atoms with E-state index in [1.54, 1.807) is 22.8 Å². The van der Waals surface area contributed by atoms with Gasteiger partial charge < -0.3 is 14.3 Å². The third kappa shape index (κ3) is 3.44. The molecule has 8 heteroatoms. The van der Waals surface area contributed by atoms with Crippen molar-refractivity contribution in [1.82, 2.24) is 9.55 Å². The molecule has 19 heavy (non-hydrogen) atoms. The molecule has 0 aliphatic carbocycles. The molecule has 1 N–H and O–H groups in total. The first-order chi connectivity index (χ1) is 8.90. The number of nitrogens with one attached hydrogen (secondary N) is 1. The lowest BCUT2D eigenvalue weighted by Crippen LogP contribution is -2.07. The number of alkyl halides is 3. The zero-order chi connectivity index (χ0) is 14.0. The van der Waals surface area contributed by atoms with Crippen molar-refractivity contribution in [1.29, 1.82) is 0 Å². The zero-order valence-corrected chi connectivity index (χ0v) is 11.6. The number of rotatable bonds is 4. The molecular formula is C11H11F3N2OS2. The Balaban J connectivity index is 2.26. The van der Waals surface area contributed by atoms with Gasteiger partial charge in [0.05, 0.1) is 18.1 Å². The molecule has 0 radical (unpaired) electrons. The Morgan fingerprint density at radius 1 is 1.42 bits per heavy atom. The molecule has 2 aromatic rings. The smallest absolute Gasteiger partial charge is 0.441 e. The van der Waals surface area contributed by atoms with Crippen molar-refractivity contribution in [2.75, 3.05) is 12.9 Å². The Morgan fingerprint density at radius 2 is 2.16 bits per heavy atom. The van der Waals surface area contributed by atoms with Crippen LogP contribution in [-0.4, -0.2) is 27.9 Å². The first-order valence-corrected chi connectivity index (χ1v) is 6.77. The number of fused-ring (bicyclic) bond motifs is 1. The van der Waals surface area contributed by atoms with Crippen LogP contribution in [0.4, 0.5) is 13.2 Å². The number of thioether (sulfide) groups is 1. The molecule has 1 heterocycles. The molecule has 0 aliphatic heterocycles. The fraction of sp³-hybridized carbons (Fsp3) is 0.364. The van der Waals surface area contributed by atoms with E-state index in [2.05, 4.69) is 4.98 Å². The molecule has 0 unspecified atom stereocenters. The Morgan fingerprint density at radius 3 is 2.79 bits per heavy atom. The van der Waals surface area contributed by atoms with Gasteiger partial charge in [0.2, 0.25) is 0 Å². The molecule has 0 fully saturated rings. The van der Waals surface area contributed by atoms with Gasteiger partial charge in [-0.1, -0.05) is 0 Å².